The molecule has 104 valence electrons. The normalized spacial score (nSPS) is 14.3. The van der Waals surface area contributed by atoms with Crippen LogP contribution in [0.2, 0.25) is 0 Å². The van der Waals surface area contributed by atoms with Crippen molar-refractivity contribution in [3.63, 3.8) is 0 Å². The van der Waals surface area contributed by atoms with E-state index < -0.39 is 5.97 Å². The maximum absolute atomic E-state index is 12.1. The first-order valence-electron chi connectivity index (χ1n) is 6.28. The second-order valence-electron chi connectivity index (χ2n) is 4.53. The fourth-order valence-corrected chi connectivity index (χ4v) is 3.58. The molecule has 0 aromatic carbocycles. The Morgan fingerprint density at radius 1 is 1.47 bits per heavy atom. The van der Waals surface area contributed by atoms with Crippen molar-refractivity contribution in [3.05, 3.63) is 22.4 Å². The van der Waals surface area contributed by atoms with Crippen molar-refractivity contribution in [1.82, 2.24) is 4.90 Å². The Hall–Kier alpha value is -1.01. The van der Waals surface area contributed by atoms with Gasteiger partial charge in [0.1, 0.15) is 0 Å². The molecule has 4 nitrogen and oxygen atoms in total. The van der Waals surface area contributed by atoms with Gasteiger partial charge in [0.25, 0.3) is 0 Å². The van der Waals surface area contributed by atoms with Crippen LogP contribution in [0.25, 0.3) is 0 Å². The minimum Gasteiger partial charge on any atom is -0.481 e. The number of rotatable bonds is 8. The van der Waals surface area contributed by atoms with Gasteiger partial charge in [-0.15, -0.1) is 23.1 Å². The Kier molecular flexibility index (Phi) is 5.27. The van der Waals surface area contributed by atoms with E-state index in [-0.39, 0.29) is 18.4 Å². The Bertz CT molecular complexity index is 429. The van der Waals surface area contributed by atoms with Gasteiger partial charge in [0.2, 0.25) is 5.91 Å². The standard InChI is InChI=1S/C13H17NO3S2/c15-12(9-18-8-11-2-1-7-19-11)14(10-3-4-10)6-5-13(16)17/h1-2,7,10H,3-6,8-9H2,(H,16,17). The van der Waals surface area contributed by atoms with Gasteiger partial charge in [0.15, 0.2) is 0 Å². The van der Waals surface area contributed by atoms with Crippen LogP contribution in [0.5, 0.6) is 0 Å². The minimum absolute atomic E-state index is 0.0395. The second-order valence-corrected chi connectivity index (χ2v) is 6.55. The average Bonchev–Trinajstić information content (AvgIpc) is 3.06. The van der Waals surface area contributed by atoms with Gasteiger partial charge in [-0.3, -0.25) is 9.59 Å². The predicted octanol–water partition coefficient (Wildman–Crippen LogP) is 2.45. The number of carbonyl (C=O) groups excluding carboxylic acids is 1. The van der Waals surface area contributed by atoms with Gasteiger partial charge < -0.3 is 10.0 Å². The summed E-state index contributed by atoms with van der Waals surface area (Å²) >= 11 is 3.29. The molecule has 1 heterocycles. The van der Waals surface area contributed by atoms with E-state index in [9.17, 15) is 9.59 Å². The molecule has 0 atom stereocenters. The van der Waals surface area contributed by atoms with Crippen LogP contribution in [0, 0.1) is 0 Å². The molecule has 1 N–H and O–H groups in total. The summed E-state index contributed by atoms with van der Waals surface area (Å²) in [7, 11) is 0. The predicted molar refractivity (Wildman–Crippen MR) is 77.5 cm³/mol. The number of carboxylic acids is 1. The van der Waals surface area contributed by atoms with E-state index in [1.54, 1.807) is 28.0 Å². The molecule has 1 saturated carbocycles. The van der Waals surface area contributed by atoms with E-state index in [4.69, 9.17) is 5.11 Å². The zero-order valence-electron chi connectivity index (χ0n) is 10.6. The van der Waals surface area contributed by atoms with Crippen LogP contribution in [-0.4, -0.2) is 40.2 Å². The van der Waals surface area contributed by atoms with E-state index in [0.29, 0.717) is 12.3 Å². The molecule has 0 unspecified atom stereocenters. The lowest BCUT2D eigenvalue weighted by Gasteiger charge is -2.21. The highest BCUT2D eigenvalue weighted by atomic mass is 32.2. The number of carbonyl (C=O) groups is 2. The SMILES string of the molecule is O=C(O)CCN(C(=O)CSCc1cccs1)C1CC1. The molecule has 1 fully saturated rings. The summed E-state index contributed by atoms with van der Waals surface area (Å²) in [5.41, 5.74) is 0. The lowest BCUT2D eigenvalue weighted by molar-refractivity contribution is -0.138. The maximum Gasteiger partial charge on any atom is 0.305 e. The van der Waals surface area contributed by atoms with E-state index >= 15 is 0 Å². The molecule has 1 aromatic rings. The Labute approximate surface area is 120 Å². The average molecular weight is 299 g/mol. The number of carboxylic acid groups (broad SMARTS) is 1. The quantitative estimate of drug-likeness (QED) is 0.801. The first-order chi connectivity index (χ1) is 9.16. The first-order valence-corrected chi connectivity index (χ1v) is 8.31. The fourth-order valence-electron chi connectivity index (χ4n) is 1.83. The van der Waals surface area contributed by atoms with Gasteiger partial charge in [-0.25, -0.2) is 0 Å². The summed E-state index contributed by atoms with van der Waals surface area (Å²) in [4.78, 5) is 25.7. The zero-order chi connectivity index (χ0) is 13.7. The minimum atomic E-state index is -0.843. The molecule has 19 heavy (non-hydrogen) atoms. The lowest BCUT2D eigenvalue weighted by Crippen LogP contribution is -2.36. The Morgan fingerprint density at radius 2 is 2.26 bits per heavy atom. The monoisotopic (exact) mass is 299 g/mol. The van der Waals surface area contributed by atoms with Crippen molar-refractivity contribution in [1.29, 1.82) is 0 Å². The van der Waals surface area contributed by atoms with Crippen LogP contribution in [0.15, 0.2) is 17.5 Å². The van der Waals surface area contributed by atoms with Crippen molar-refractivity contribution >= 4 is 35.0 Å². The van der Waals surface area contributed by atoms with E-state index in [1.807, 2.05) is 11.4 Å². The summed E-state index contributed by atoms with van der Waals surface area (Å²) in [5, 5.41) is 10.7. The third-order valence-electron chi connectivity index (χ3n) is 2.92. The van der Waals surface area contributed by atoms with Crippen LogP contribution in [0.3, 0.4) is 0 Å². The van der Waals surface area contributed by atoms with Gasteiger partial charge in [-0.05, 0) is 24.3 Å². The number of thioether (sulfide) groups is 1. The Morgan fingerprint density at radius 3 is 2.84 bits per heavy atom. The molecule has 6 heteroatoms. The highest BCUT2D eigenvalue weighted by molar-refractivity contribution is 7.99. The molecule has 0 radical (unpaired) electrons. The molecular formula is C13H17NO3S2. The molecule has 0 bridgehead atoms. The number of hydrogen-bond donors (Lipinski definition) is 1. The molecule has 1 aromatic heterocycles. The highest BCUT2D eigenvalue weighted by Crippen LogP contribution is 2.28. The van der Waals surface area contributed by atoms with E-state index in [0.717, 1.165) is 18.6 Å². The van der Waals surface area contributed by atoms with Gasteiger partial charge >= 0.3 is 5.97 Å². The zero-order valence-corrected chi connectivity index (χ0v) is 12.2. The molecule has 0 aliphatic heterocycles. The van der Waals surface area contributed by atoms with Crippen molar-refractivity contribution in [2.24, 2.45) is 0 Å². The summed E-state index contributed by atoms with van der Waals surface area (Å²) in [5.74, 6) is 0.518. The number of hydrogen-bond acceptors (Lipinski definition) is 4. The van der Waals surface area contributed by atoms with E-state index in [2.05, 4.69) is 6.07 Å². The molecule has 1 amide bonds. The maximum atomic E-state index is 12.1. The van der Waals surface area contributed by atoms with Gasteiger partial charge in [-0.2, -0.15) is 0 Å². The van der Waals surface area contributed by atoms with Crippen molar-refractivity contribution in [3.8, 4) is 0 Å². The molecule has 0 spiro atoms. The van der Waals surface area contributed by atoms with Gasteiger partial charge in [-0.1, -0.05) is 6.07 Å². The van der Waals surface area contributed by atoms with Crippen molar-refractivity contribution in [2.75, 3.05) is 12.3 Å². The van der Waals surface area contributed by atoms with Crippen molar-refractivity contribution in [2.45, 2.75) is 31.1 Å². The summed E-state index contributed by atoms with van der Waals surface area (Å²) in [6.07, 6.45) is 2.07. The third kappa shape index (κ3) is 4.87. The number of aliphatic carboxylic acids is 1. The molecule has 1 aliphatic carbocycles. The number of nitrogens with zero attached hydrogens (tertiary/aromatic N) is 1. The lowest BCUT2D eigenvalue weighted by atomic mass is 10.3. The van der Waals surface area contributed by atoms with Crippen LogP contribution < -0.4 is 0 Å². The van der Waals surface area contributed by atoms with Crippen LogP contribution in [0.4, 0.5) is 0 Å². The topological polar surface area (TPSA) is 57.6 Å². The van der Waals surface area contributed by atoms with Crippen molar-refractivity contribution < 1.29 is 14.7 Å². The smallest absolute Gasteiger partial charge is 0.305 e. The summed E-state index contributed by atoms with van der Waals surface area (Å²) < 4.78 is 0. The van der Waals surface area contributed by atoms with Gasteiger partial charge in [0, 0.05) is 23.2 Å². The second kappa shape index (κ2) is 6.96. The fraction of sp³-hybridized carbons (Fsp3) is 0.538. The third-order valence-corrected chi connectivity index (χ3v) is 4.95. The van der Waals surface area contributed by atoms with Gasteiger partial charge in [0.05, 0.1) is 12.2 Å². The number of amides is 1. The molecule has 2 rings (SSSR count). The first kappa shape index (κ1) is 14.4. The highest BCUT2D eigenvalue weighted by Gasteiger charge is 2.32. The molecule has 0 saturated heterocycles. The van der Waals surface area contributed by atoms with Crippen LogP contribution >= 0.6 is 23.1 Å². The summed E-state index contributed by atoms with van der Waals surface area (Å²) in [6, 6.07) is 4.35. The van der Waals surface area contributed by atoms with Crippen LogP contribution in [0.1, 0.15) is 24.1 Å². The Balaban J connectivity index is 1.74. The molecule has 1 aliphatic rings. The van der Waals surface area contributed by atoms with E-state index in [1.165, 1.54) is 4.88 Å². The summed E-state index contributed by atoms with van der Waals surface area (Å²) in [6.45, 7) is 0.346. The number of thiophene rings is 1. The largest absolute Gasteiger partial charge is 0.481 e. The van der Waals surface area contributed by atoms with Crippen LogP contribution in [-0.2, 0) is 15.3 Å². The molecular weight excluding hydrogens is 282 g/mol.